The van der Waals surface area contributed by atoms with E-state index in [-0.39, 0.29) is 0 Å². The molecule has 1 saturated carbocycles. The number of halogens is 4. The molecule has 0 radical (unpaired) electrons. The Labute approximate surface area is 96.4 Å². The summed E-state index contributed by atoms with van der Waals surface area (Å²) >= 11 is 5.90. The van der Waals surface area contributed by atoms with Crippen LogP contribution in [0.5, 0.6) is 0 Å². The van der Waals surface area contributed by atoms with Crippen molar-refractivity contribution in [3.05, 3.63) is 34.3 Å². The molecule has 0 heterocycles. The normalized spacial score (nSPS) is 19.3. The molecule has 0 bridgehead atoms. The second kappa shape index (κ2) is 3.64. The number of hydrogen-bond donors (Lipinski definition) is 1. The SMILES string of the molecule is NC1(c2cc(C(F)(F)F)ccc2Cl)CCC1. The highest BCUT2D eigenvalue weighted by Gasteiger charge is 2.38. The average molecular weight is 250 g/mol. The van der Waals surface area contributed by atoms with Crippen LogP contribution < -0.4 is 5.73 Å². The Morgan fingerprint density at radius 1 is 1.25 bits per heavy atom. The van der Waals surface area contributed by atoms with Gasteiger partial charge >= 0.3 is 6.18 Å². The first-order valence-electron chi connectivity index (χ1n) is 4.99. The smallest absolute Gasteiger partial charge is 0.321 e. The summed E-state index contributed by atoms with van der Waals surface area (Å²) in [5.41, 5.74) is 5.04. The van der Waals surface area contributed by atoms with E-state index in [1.165, 1.54) is 6.07 Å². The van der Waals surface area contributed by atoms with Gasteiger partial charge in [0.2, 0.25) is 0 Å². The van der Waals surface area contributed by atoms with Gasteiger partial charge in [0, 0.05) is 10.6 Å². The minimum atomic E-state index is -4.35. The molecule has 1 nitrogen and oxygen atoms in total. The Hall–Kier alpha value is -0.740. The number of benzene rings is 1. The summed E-state index contributed by atoms with van der Waals surface area (Å²) in [6, 6.07) is 3.32. The van der Waals surface area contributed by atoms with Gasteiger partial charge in [-0.1, -0.05) is 11.6 Å². The van der Waals surface area contributed by atoms with E-state index < -0.39 is 17.3 Å². The van der Waals surface area contributed by atoms with Crippen molar-refractivity contribution in [2.45, 2.75) is 31.0 Å². The Balaban J connectivity index is 2.45. The minimum absolute atomic E-state index is 0.315. The van der Waals surface area contributed by atoms with Crippen molar-refractivity contribution >= 4 is 11.6 Å². The van der Waals surface area contributed by atoms with E-state index >= 15 is 0 Å². The fourth-order valence-electron chi connectivity index (χ4n) is 1.91. The first-order chi connectivity index (χ1) is 7.33. The standard InChI is InChI=1S/C11H11ClF3N/c12-9-3-2-7(11(13,14)15)6-8(9)10(16)4-1-5-10/h2-3,6H,1,4-5,16H2. The van der Waals surface area contributed by atoms with Crippen LogP contribution in [-0.2, 0) is 11.7 Å². The van der Waals surface area contributed by atoms with Gasteiger partial charge in [-0.2, -0.15) is 13.2 Å². The lowest BCUT2D eigenvalue weighted by molar-refractivity contribution is -0.137. The van der Waals surface area contributed by atoms with Crippen molar-refractivity contribution in [2.75, 3.05) is 0 Å². The molecule has 1 aliphatic carbocycles. The third kappa shape index (κ3) is 1.92. The molecular formula is C11H11ClF3N. The minimum Gasteiger partial charge on any atom is -0.321 e. The second-order valence-corrected chi connectivity index (χ2v) is 4.61. The first kappa shape index (κ1) is 11.7. The average Bonchev–Trinajstić information content (AvgIpc) is 2.13. The molecule has 1 aliphatic rings. The predicted octanol–water partition coefficient (Wildman–Crippen LogP) is 3.70. The van der Waals surface area contributed by atoms with Gasteiger partial charge in [-0.05, 0) is 43.0 Å². The summed E-state index contributed by atoms with van der Waals surface area (Å²) < 4.78 is 37.6. The molecule has 0 spiro atoms. The van der Waals surface area contributed by atoms with Crippen molar-refractivity contribution < 1.29 is 13.2 Å². The van der Waals surface area contributed by atoms with Crippen molar-refractivity contribution in [1.82, 2.24) is 0 Å². The topological polar surface area (TPSA) is 26.0 Å². The van der Waals surface area contributed by atoms with Crippen LogP contribution in [0.3, 0.4) is 0 Å². The zero-order chi connectivity index (χ0) is 12.0. The van der Waals surface area contributed by atoms with E-state index in [0.717, 1.165) is 18.6 Å². The van der Waals surface area contributed by atoms with Crippen LogP contribution in [0.2, 0.25) is 5.02 Å². The molecule has 1 fully saturated rings. The Kier molecular flexibility index (Phi) is 2.67. The number of alkyl halides is 3. The summed E-state index contributed by atoms with van der Waals surface area (Å²) in [7, 11) is 0. The van der Waals surface area contributed by atoms with Gasteiger partial charge in [-0.15, -0.1) is 0 Å². The third-order valence-electron chi connectivity index (χ3n) is 3.08. The van der Waals surface area contributed by atoms with Gasteiger partial charge < -0.3 is 5.73 Å². The molecule has 2 rings (SSSR count). The van der Waals surface area contributed by atoms with Crippen molar-refractivity contribution in [3.63, 3.8) is 0 Å². The van der Waals surface area contributed by atoms with Gasteiger partial charge in [0.15, 0.2) is 0 Å². The van der Waals surface area contributed by atoms with E-state index in [0.29, 0.717) is 23.4 Å². The molecule has 0 saturated heterocycles. The molecule has 0 amide bonds. The van der Waals surface area contributed by atoms with Crippen LogP contribution in [0, 0.1) is 0 Å². The summed E-state index contributed by atoms with van der Waals surface area (Å²) in [5, 5.41) is 0.315. The van der Waals surface area contributed by atoms with E-state index in [1.54, 1.807) is 0 Å². The Morgan fingerprint density at radius 2 is 1.88 bits per heavy atom. The quantitative estimate of drug-likeness (QED) is 0.807. The van der Waals surface area contributed by atoms with Crippen LogP contribution in [0.15, 0.2) is 18.2 Å². The van der Waals surface area contributed by atoms with Crippen LogP contribution in [-0.4, -0.2) is 0 Å². The highest BCUT2D eigenvalue weighted by Crippen LogP contribution is 2.43. The van der Waals surface area contributed by atoms with Gasteiger partial charge in [0.1, 0.15) is 0 Å². The van der Waals surface area contributed by atoms with E-state index in [4.69, 9.17) is 17.3 Å². The zero-order valence-electron chi connectivity index (χ0n) is 8.44. The van der Waals surface area contributed by atoms with Gasteiger partial charge in [-0.25, -0.2) is 0 Å². The molecule has 5 heteroatoms. The predicted molar refractivity (Wildman–Crippen MR) is 56.2 cm³/mol. The Morgan fingerprint density at radius 3 is 2.31 bits per heavy atom. The fourth-order valence-corrected chi connectivity index (χ4v) is 2.22. The number of rotatable bonds is 1. The van der Waals surface area contributed by atoms with Crippen molar-refractivity contribution in [1.29, 1.82) is 0 Å². The second-order valence-electron chi connectivity index (χ2n) is 4.20. The van der Waals surface area contributed by atoms with Gasteiger partial charge in [0.05, 0.1) is 5.56 Å². The van der Waals surface area contributed by atoms with Crippen molar-refractivity contribution in [3.8, 4) is 0 Å². The zero-order valence-corrected chi connectivity index (χ0v) is 9.20. The van der Waals surface area contributed by atoms with Gasteiger partial charge in [-0.3, -0.25) is 0 Å². The highest BCUT2D eigenvalue weighted by atomic mass is 35.5. The lowest BCUT2D eigenvalue weighted by atomic mass is 9.72. The highest BCUT2D eigenvalue weighted by molar-refractivity contribution is 6.31. The van der Waals surface area contributed by atoms with E-state index in [2.05, 4.69) is 0 Å². The maximum absolute atomic E-state index is 12.5. The van der Waals surface area contributed by atoms with Gasteiger partial charge in [0.25, 0.3) is 0 Å². The van der Waals surface area contributed by atoms with Crippen molar-refractivity contribution in [2.24, 2.45) is 5.73 Å². The van der Waals surface area contributed by atoms with E-state index in [9.17, 15) is 13.2 Å². The lowest BCUT2D eigenvalue weighted by Gasteiger charge is -2.39. The Bertz CT molecular complexity index is 410. The number of nitrogens with two attached hydrogens (primary N) is 1. The molecule has 88 valence electrons. The van der Waals surface area contributed by atoms with Crippen LogP contribution in [0.4, 0.5) is 13.2 Å². The fraction of sp³-hybridized carbons (Fsp3) is 0.455. The first-order valence-corrected chi connectivity index (χ1v) is 5.37. The molecule has 0 atom stereocenters. The van der Waals surface area contributed by atoms with E-state index in [1.807, 2.05) is 0 Å². The molecule has 1 aromatic carbocycles. The largest absolute Gasteiger partial charge is 0.416 e. The van der Waals surface area contributed by atoms with Crippen LogP contribution in [0.25, 0.3) is 0 Å². The van der Waals surface area contributed by atoms with Crippen LogP contribution in [0.1, 0.15) is 30.4 Å². The summed E-state index contributed by atoms with van der Waals surface area (Å²) in [4.78, 5) is 0. The monoisotopic (exact) mass is 249 g/mol. The molecule has 16 heavy (non-hydrogen) atoms. The molecular weight excluding hydrogens is 239 g/mol. The molecule has 0 aliphatic heterocycles. The molecule has 0 aromatic heterocycles. The maximum Gasteiger partial charge on any atom is 0.416 e. The molecule has 2 N–H and O–H groups in total. The molecule has 1 aromatic rings. The summed E-state index contributed by atoms with van der Waals surface area (Å²) in [6.45, 7) is 0. The third-order valence-corrected chi connectivity index (χ3v) is 3.41. The lowest BCUT2D eigenvalue weighted by Crippen LogP contribution is -2.43. The summed E-state index contributed by atoms with van der Waals surface area (Å²) in [5.74, 6) is 0. The summed E-state index contributed by atoms with van der Waals surface area (Å²) in [6.07, 6.45) is -2.04. The van der Waals surface area contributed by atoms with Crippen LogP contribution >= 0.6 is 11.6 Å². The molecule has 0 unspecified atom stereocenters. The maximum atomic E-state index is 12.5. The number of hydrogen-bond acceptors (Lipinski definition) is 1.